The van der Waals surface area contributed by atoms with Crippen molar-refractivity contribution in [2.75, 3.05) is 20.3 Å². The molecule has 2 aliphatic rings. The van der Waals surface area contributed by atoms with Crippen molar-refractivity contribution >= 4 is 52.3 Å². The van der Waals surface area contributed by atoms with Crippen molar-refractivity contribution < 1.29 is 23.5 Å². The van der Waals surface area contributed by atoms with Gasteiger partial charge in [0.05, 0.1) is 27.9 Å². The number of rotatable bonds is 7. The highest BCUT2D eigenvalue weighted by Crippen LogP contribution is 2.38. The standard InChI is InChI=1S/C25H21Cl3FN3O4/c1-35-8-9-36-20-7-6-14(29)12-16(20)24(33)32-23-25(34)30-19-5-3-2-4-15(19)22(31-23)21-17(27)10-13(26)11-18(21)28/h2-3,5-7,10-12,23,31H,4,8-9H2,1H3,(H,30,34)(H,32,33)/t23-/m1/s1. The highest BCUT2D eigenvalue weighted by atomic mass is 35.5. The summed E-state index contributed by atoms with van der Waals surface area (Å²) < 4.78 is 24.5. The first kappa shape index (κ1) is 26.0. The number of nitrogens with one attached hydrogen (secondary N) is 3. The Hall–Kier alpha value is -3.04. The van der Waals surface area contributed by atoms with E-state index in [0.29, 0.717) is 34.0 Å². The lowest BCUT2D eigenvalue weighted by Crippen LogP contribution is -2.53. The number of carbonyl (C=O) groups excluding carboxylic acids is 2. The van der Waals surface area contributed by atoms with Crippen LogP contribution in [0.2, 0.25) is 15.1 Å². The quantitative estimate of drug-likeness (QED) is 0.428. The second-order valence-electron chi connectivity index (χ2n) is 7.83. The maximum Gasteiger partial charge on any atom is 0.267 e. The summed E-state index contributed by atoms with van der Waals surface area (Å²) in [6.07, 6.45) is 4.64. The molecule has 2 aromatic carbocycles. The zero-order valence-electron chi connectivity index (χ0n) is 19.0. The van der Waals surface area contributed by atoms with Gasteiger partial charge in [0, 0.05) is 29.0 Å². The van der Waals surface area contributed by atoms with Gasteiger partial charge in [0.15, 0.2) is 6.17 Å². The van der Waals surface area contributed by atoms with E-state index >= 15 is 0 Å². The monoisotopic (exact) mass is 551 g/mol. The maximum atomic E-state index is 14.0. The first-order valence-corrected chi connectivity index (χ1v) is 12.0. The molecule has 0 saturated heterocycles. The van der Waals surface area contributed by atoms with Gasteiger partial charge in [-0.1, -0.05) is 47.0 Å². The second-order valence-corrected chi connectivity index (χ2v) is 9.08. The smallest absolute Gasteiger partial charge is 0.267 e. The van der Waals surface area contributed by atoms with Crippen LogP contribution in [0.4, 0.5) is 4.39 Å². The van der Waals surface area contributed by atoms with E-state index in [1.54, 1.807) is 12.2 Å². The molecule has 188 valence electrons. The fourth-order valence-corrected chi connectivity index (χ4v) is 4.78. The number of amides is 2. The first-order valence-electron chi connectivity index (χ1n) is 10.8. The van der Waals surface area contributed by atoms with Crippen LogP contribution in [0.25, 0.3) is 5.70 Å². The Morgan fingerprint density at radius 1 is 1.17 bits per heavy atom. The van der Waals surface area contributed by atoms with E-state index in [2.05, 4.69) is 16.0 Å². The number of hydrogen-bond donors (Lipinski definition) is 3. The number of allylic oxidation sites excluding steroid dienone is 4. The number of ether oxygens (including phenoxy) is 2. The summed E-state index contributed by atoms with van der Waals surface area (Å²) in [5.74, 6) is -1.77. The molecule has 7 nitrogen and oxygen atoms in total. The van der Waals surface area contributed by atoms with Gasteiger partial charge in [-0.25, -0.2) is 4.39 Å². The van der Waals surface area contributed by atoms with Gasteiger partial charge in [-0.15, -0.1) is 0 Å². The molecule has 1 atom stereocenters. The number of methoxy groups -OCH3 is 1. The molecule has 4 rings (SSSR count). The van der Waals surface area contributed by atoms with E-state index in [9.17, 15) is 14.0 Å². The molecule has 0 fully saturated rings. The minimum Gasteiger partial charge on any atom is -0.490 e. The minimum atomic E-state index is -1.26. The van der Waals surface area contributed by atoms with Gasteiger partial charge in [0.1, 0.15) is 18.2 Å². The molecule has 0 aromatic heterocycles. The van der Waals surface area contributed by atoms with E-state index in [4.69, 9.17) is 44.3 Å². The SMILES string of the molecule is COCCOc1ccc(F)cc1C(=O)N[C@H]1NC(c2c(Cl)cc(Cl)cc2Cl)=C2CC=CC=C2NC1=O. The molecule has 2 amide bonds. The van der Waals surface area contributed by atoms with Crippen LogP contribution in [0.5, 0.6) is 5.75 Å². The number of benzene rings is 2. The number of hydrogen-bond acceptors (Lipinski definition) is 5. The van der Waals surface area contributed by atoms with Crippen molar-refractivity contribution in [1.29, 1.82) is 0 Å². The number of halogens is 4. The van der Waals surface area contributed by atoms with Crippen LogP contribution in [0, 0.1) is 5.82 Å². The molecule has 2 aromatic rings. The summed E-state index contributed by atoms with van der Waals surface area (Å²) in [6.45, 7) is 0.420. The van der Waals surface area contributed by atoms with E-state index in [0.717, 1.165) is 6.07 Å². The molecule has 1 aliphatic heterocycles. The van der Waals surface area contributed by atoms with Crippen molar-refractivity contribution in [3.8, 4) is 5.75 Å². The highest BCUT2D eigenvalue weighted by molar-refractivity contribution is 6.40. The Bertz CT molecular complexity index is 1290. The molecular weight excluding hydrogens is 532 g/mol. The van der Waals surface area contributed by atoms with Crippen LogP contribution in [0.1, 0.15) is 22.3 Å². The fraction of sp³-hybridized carbons (Fsp3) is 0.200. The molecule has 1 heterocycles. The van der Waals surface area contributed by atoms with Crippen LogP contribution in [-0.2, 0) is 9.53 Å². The van der Waals surface area contributed by atoms with E-state index in [1.165, 1.54) is 31.4 Å². The van der Waals surface area contributed by atoms with E-state index in [1.807, 2.05) is 6.08 Å². The molecule has 3 N–H and O–H groups in total. The number of carbonyl (C=O) groups is 2. The molecular formula is C25H21Cl3FN3O4. The van der Waals surface area contributed by atoms with E-state index in [-0.39, 0.29) is 34.6 Å². The highest BCUT2D eigenvalue weighted by Gasteiger charge is 2.32. The lowest BCUT2D eigenvalue weighted by Gasteiger charge is -2.22. The van der Waals surface area contributed by atoms with Gasteiger partial charge in [-0.2, -0.15) is 0 Å². The minimum absolute atomic E-state index is 0.0833. The third-order valence-electron chi connectivity index (χ3n) is 5.42. The van der Waals surface area contributed by atoms with Crippen molar-refractivity contribution in [1.82, 2.24) is 16.0 Å². The summed E-state index contributed by atoms with van der Waals surface area (Å²) in [5.41, 5.74) is 2.02. The summed E-state index contributed by atoms with van der Waals surface area (Å²) in [6, 6.07) is 6.61. The molecule has 36 heavy (non-hydrogen) atoms. The topological polar surface area (TPSA) is 88.7 Å². The molecule has 1 aliphatic carbocycles. The van der Waals surface area contributed by atoms with Gasteiger partial charge in [-0.3, -0.25) is 9.59 Å². The average Bonchev–Trinajstić information content (AvgIpc) is 2.96. The van der Waals surface area contributed by atoms with Crippen LogP contribution < -0.4 is 20.7 Å². The van der Waals surface area contributed by atoms with Crippen molar-refractivity contribution in [3.05, 3.63) is 91.8 Å². The molecule has 11 heteroatoms. The Kier molecular flexibility index (Phi) is 8.21. The lowest BCUT2D eigenvalue weighted by atomic mass is 9.97. The predicted molar refractivity (Wildman–Crippen MR) is 137 cm³/mol. The van der Waals surface area contributed by atoms with Gasteiger partial charge in [-0.05, 0) is 42.8 Å². The zero-order valence-corrected chi connectivity index (χ0v) is 21.2. The van der Waals surface area contributed by atoms with Gasteiger partial charge >= 0.3 is 0 Å². The Labute approximate surface area is 221 Å². The maximum absolute atomic E-state index is 14.0. The van der Waals surface area contributed by atoms with Gasteiger partial charge < -0.3 is 25.4 Å². The first-order chi connectivity index (χ1) is 17.3. The second kappa shape index (κ2) is 11.3. The van der Waals surface area contributed by atoms with Crippen molar-refractivity contribution in [3.63, 3.8) is 0 Å². The number of fused-ring (bicyclic) bond motifs is 1. The summed E-state index contributed by atoms with van der Waals surface area (Å²) in [4.78, 5) is 26.3. The lowest BCUT2D eigenvalue weighted by molar-refractivity contribution is -0.122. The van der Waals surface area contributed by atoms with Crippen LogP contribution in [0.3, 0.4) is 0 Å². The zero-order chi connectivity index (χ0) is 25.8. The molecule has 0 saturated carbocycles. The fourth-order valence-electron chi connectivity index (χ4n) is 3.77. The predicted octanol–water partition coefficient (Wildman–Crippen LogP) is 4.84. The van der Waals surface area contributed by atoms with E-state index < -0.39 is 23.8 Å². The molecule has 0 unspecified atom stereocenters. The average molecular weight is 553 g/mol. The van der Waals surface area contributed by atoms with Gasteiger partial charge in [0.25, 0.3) is 11.8 Å². The van der Waals surface area contributed by atoms with Crippen LogP contribution in [0.15, 0.2) is 59.8 Å². The Balaban J connectivity index is 1.69. The molecule has 0 bridgehead atoms. The van der Waals surface area contributed by atoms with Crippen molar-refractivity contribution in [2.24, 2.45) is 0 Å². The Morgan fingerprint density at radius 2 is 1.92 bits per heavy atom. The largest absolute Gasteiger partial charge is 0.490 e. The Morgan fingerprint density at radius 3 is 2.64 bits per heavy atom. The van der Waals surface area contributed by atoms with Crippen LogP contribution >= 0.6 is 34.8 Å². The normalized spacial score (nSPS) is 17.0. The summed E-state index contributed by atoms with van der Waals surface area (Å²) >= 11 is 19.1. The van der Waals surface area contributed by atoms with Gasteiger partial charge in [0.2, 0.25) is 0 Å². The molecule has 0 spiro atoms. The third-order valence-corrected chi connectivity index (χ3v) is 6.23. The summed E-state index contributed by atoms with van der Waals surface area (Å²) in [5, 5.41) is 9.34. The van der Waals surface area contributed by atoms with Crippen molar-refractivity contribution in [2.45, 2.75) is 12.6 Å². The van der Waals surface area contributed by atoms with Crippen LogP contribution in [-0.4, -0.2) is 38.3 Å². The summed E-state index contributed by atoms with van der Waals surface area (Å²) in [7, 11) is 1.51. The third kappa shape index (κ3) is 5.68. The molecule has 0 radical (unpaired) electrons.